The van der Waals surface area contributed by atoms with Gasteiger partial charge in [0, 0.05) is 18.0 Å². The van der Waals surface area contributed by atoms with Crippen LogP contribution in [-0.4, -0.2) is 39.5 Å². The zero-order valence-electron chi connectivity index (χ0n) is 13.3. The average molecular weight is 326 g/mol. The lowest BCUT2D eigenvalue weighted by atomic mass is 10.1. The predicted molar refractivity (Wildman–Crippen MR) is 86.5 cm³/mol. The molecular formula is C15H22N2O4S. The van der Waals surface area contributed by atoms with Crippen molar-refractivity contribution in [1.29, 1.82) is 0 Å². The molecule has 1 amide bonds. The lowest BCUT2D eigenvalue weighted by molar-refractivity contribution is -0.123. The Kier molecular flexibility index (Phi) is 6.11. The molecule has 0 unspecified atom stereocenters. The van der Waals surface area contributed by atoms with Gasteiger partial charge in [-0.25, -0.2) is 8.42 Å². The monoisotopic (exact) mass is 326 g/mol. The number of hydrogen-bond donors (Lipinski definition) is 1. The van der Waals surface area contributed by atoms with Gasteiger partial charge in [-0.15, -0.1) is 0 Å². The van der Waals surface area contributed by atoms with Gasteiger partial charge in [0.15, 0.2) is 5.78 Å². The van der Waals surface area contributed by atoms with E-state index in [9.17, 15) is 18.0 Å². The molecule has 1 aromatic rings. The Hall–Kier alpha value is -1.89. The highest BCUT2D eigenvalue weighted by Crippen LogP contribution is 2.19. The topological polar surface area (TPSA) is 83.6 Å². The smallest absolute Gasteiger partial charge is 0.232 e. The van der Waals surface area contributed by atoms with Crippen molar-refractivity contribution >= 4 is 27.4 Å². The molecule has 122 valence electrons. The molecule has 0 atom stereocenters. The Morgan fingerprint density at radius 2 is 1.91 bits per heavy atom. The van der Waals surface area contributed by atoms with Crippen LogP contribution in [-0.2, 0) is 14.8 Å². The molecule has 1 rings (SSSR count). The number of sulfonamides is 1. The molecule has 7 heteroatoms. The van der Waals surface area contributed by atoms with E-state index in [1.807, 2.05) is 0 Å². The van der Waals surface area contributed by atoms with Crippen LogP contribution in [0.1, 0.15) is 31.1 Å². The molecule has 22 heavy (non-hydrogen) atoms. The maximum atomic E-state index is 12.0. The average Bonchev–Trinajstić information content (AvgIpc) is 2.41. The summed E-state index contributed by atoms with van der Waals surface area (Å²) in [5, 5.41) is 2.68. The Morgan fingerprint density at radius 3 is 2.41 bits per heavy atom. The number of nitrogens with zero attached hydrogens (tertiary/aromatic N) is 1. The van der Waals surface area contributed by atoms with Crippen LogP contribution in [0.4, 0.5) is 5.69 Å². The predicted octanol–water partition coefficient (Wildman–Crippen LogP) is 1.43. The molecule has 0 bridgehead atoms. The fourth-order valence-electron chi connectivity index (χ4n) is 1.85. The van der Waals surface area contributed by atoms with Crippen LogP contribution in [0.3, 0.4) is 0 Å². The fraction of sp³-hybridized carbons (Fsp3) is 0.467. The second-order valence-electron chi connectivity index (χ2n) is 5.39. The first-order chi connectivity index (χ1) is 10.1. The van der Waals surface area contributed by atoms with E-state index in [0.29, 0.717) is 11.3 Å². The molecule has 0 heterocycles. The molecule has 0 fully saturated rings. The summed E-state index contributed by atoms with van der Waals surface area (Å²) in [6.45, 7) is 5.26. The molecule has 0 saturated carbocycles. The summed E-state index contributed by atoms with van der Waals surface area (Å²) in [6, 6.07) is 6.43. The number of Topliss-reactive ketones (excluding diaryl/α,β-unsaturated/α-hetero) is 1. The number of rotatable bonds is 7. The minimum absolute atomic E-state index is 0.110. The van der Waals surface area contributed by atoms with E-state index in [-0.39, 0.29) is 30.7 Å². The maximum Gasteiger partial charge on any atom is 0.232 e. The van der Waals surface area contributed by atoms with Crippen molar-refractivity contribution in [1.82, 2.24) is 5.32 Å². The van der Waals surface area contributed by atoms with Crippen LogP contribution in [0.25, 0.3) is 0 Å². The van der Waals surface area contributed by atoms with Gasteiger partial charge >= 0.3 is 0 Å². The molecule has 0 aromatic heterocycles. The van der Waals surface area contributed by atoms with Crippen molar-refractivity contribution in [2.24, 2.45) is 5.92 Å². The summed E-state index contributed by atoms with van der Waals surface area (Å²) in [4.78, 5) is 23.0. The third kappa shape index (κ3) is 5.14. The van der Waals surface area contributed by atoms with Crippen molar-refractivity contribution in [2.45, 2.75) is 20.8 Å². The van der Waals surface area contributed by atoms with Crippen molar-refractivity contribution < 1.29 is 18.0 Å². The molecule has 0 aliphatic heterocycles. The fourth-order valence-corrected chi connectivity index (χ4v) is 2.77. The number of anilines is 1. The lowest BCUT2D eigenvalue weighted by Crippen LogP contribution is -2.39. The van der Waals surface area contributed by atoms with Crippen molar-refractivity contribution in [3.63, 3.8) is 0 Å². The van der Waals surface area contributed by atoms with Crippen LogP contribution in [0.5, 0.6) is 0 Å². The van der Waals surface area contributed by atoms with Crippen LogP contribution < -0.4 is 9.62 Å². The minimum atomic E-state index is -3.51. The summed E-state index contributed by atoms with van der Waals surface area (Å²) in [5.41, 5.74) is 0.853. The van der Waals surface area contributed by atoms with Crippen molar-refractivity contribution in [3.8, 4) is 0 Å². The molecule has 1 aromatic carbocycles. The highest BCUT2D eigenvalue weighted by atomic mass is 32.2. The van der Waals surface area contributed by atoms with Crippen molar-refractivity contribution in [3.05, 3.63) is 29.8 Å². The van der Waals surface area contributed by atoms with E-state index in [4.69, 9.17) is 0 Å². The van der Waals surface area contributed by atoms with Gasteiger partial charge in [0.1, 0.15) is 0 Å². The lowest BCUT2D eigenvalue weighted by Gasteiger charge is -2.23. The summed E-state index contributed by atoms with van der Waals surface area (Å²) >= 11 is 0. The van der Waals surface area contributed by atoms with Crippen LogP contribution >= 0.6 is 0 Å². The molecule has 0 aliphatic rings. The molecule has 6 nitrogen and oxygen atoms in total. The number of carbonyl (C=O) groups excluding carboxylic acids is 2. The first-order valence-corrected chi connectivity index (χ1v) is 8.84. The van der Waals surface area contributed by atoms with Gasteiger partial charge in [-0.3, -0.25) is 13.9 Å². The third-order valence-corrected chi connectivity index (χ3v) is 4.27. The van der Waals surface area contributed by atoms with Gasteiger partial charge in [0.05, 0.1) is 18.5 Å². The Morgan fingerprint density at radius 1 is 1.27 bits per heavy atom. The number of hydrogen-bond acceptors (Lipinski definition) is 4. The second kappa shape index (κ2) is 7.40. The van der Waals surface area contributed by atoms with E-state index in [0.717, 1.165) is 6.26 Å². The Bertz CT molecular complexity index is 653. The quantitative estimate of drug-likeness (QED) is 0.768. The Labute approximate surface area is 131 Å². The number of carbonyl (C=O) groups is 2. The summed E-state index contributed by atoms with van der Waals surface area (Å²) in [6.07, 6.45) is 1.09. The van der Waals surface area contributed by atoms with E-state index in [1.54, 1.807) is 32.0 Å². The zero-order valence-corrected chi connectivity index (χ0v) is 14.1. The number of benzene rings is 1. The van der Waals surface area contributed by atoms with Gasteiger partial charge in [-0.1, -0.05) is 26.0 Å². The largest absolute Gasteiger partial charge is 0.354 e. The van der Waals surface area contributed by atoms with Gasteiger partial charge < -0.3 is 5.32 Å². The third-order valence-electron chi connectivity index (χ3n) is 3.08. The van der Waals surface area contributed by atoms with Gasteiger partial charge in [0.2, 0.25) is 15.9 Å². The summed E-state index contributed by atoms with van der Waals surface area (Å²) in [7, 11) is -3.51. The van der Waals surface area contributed by atoms with Gasteiger partial charge in [-0.05, 0) is 19.1 Å². The first kappa shape index (κ1) is 18.2. The SMILES string of the molecule is CC(=O)c1cccc(N(CCNC(=O)C(C)C)S(C)(=O)=O)c1. The number of nitrogens with one attached hydrogen (secondary N) is 1. The Balaban J connectivity index is 2.93. The molecule has 0 saturated heterocycles. The standard InChI is InChI=1S/C15H22N2O4S/c1-11(2)15(19)16-8-9-17(22(4,20)21)14-7-5-6-13(10-14)12(3)18/h5-7,10-11H,8-9H2,1-4H3,(H,16,19). The minimum Gasteiger partial charge on any atom is -0.354 e. The van der Waals surface area contributed by atoms with Crippen LogP contribution in [0.2, 0.25) is 0 Å². The molecule has 1 N–H and O–H groups in total. The van der Waals surface area contributed by atoms with Crippen LogP contribution in [0.15, 0.2) is 24.3 Å². The first-order valence-electron chi connectivity index (χ1n) is 6.99. The molecule has 0 spiro atoms. The van der Waals surface area contributed by atoms with E-state index >= 15 is 0 Å². The highest BCUT2D eigenvalue weighted by molar-refractivity contribution is 7.92. The van der Waals surface area contributed by atoms with Crippen LogP contribution in [0, 0.1) is 5.92 Å². The second-order valence-corrected chi connectivity index (χ2v) is 7.29. The summed E-state index contributed by atoms with van der Waals surface area (Å²) in [5.74, 6) is -0.429. The van der Waals surface area contributed by atoms with Gasteiger partial charge in [-0.2, -0.15) is 0 Å². The highest BCUT2D eigenvalue weighted by Gasteiger charge is 2.18. The normalized spacial score (nSPS) is 11.3. The number of ketones is 1. The van der Waals surface area contributed by atoms with E-state index < -0.39 is 10.0 Å². The number of amides is 1. The van der Waals surface area contributed by atoms with E-state index in [2.05, 4.69) is 5.32 Å². The van der Waals surface area contributed by atoms with Crippen molar-refractivity contribution in [2.75, 3.05) is 23.7 Å². The molecule has 0 radical (unpaired) electrons. The summed E-state index contributed by atoms with van der Waals surface area (Å²) < 4.78 is 25.1. The molecule has 0 aliphatic carbocycles. The van der Waals surface area contributed by atoms with Gasteiger partial charge in [0.25, 0.3) is 0 Å². The zero-order chi connectivity index (χ0) is 16.9. The molecular weight excluding hydrogens is 304 g/mol. The maximum absolute atomic E-state index is 12.0. The van der Waals surface area contributed by atoms with E-state index in [1.165, 1.54) is 17.3 Å².